The molecule has 1 heterocycles. The second-order valence-corrected chi connectivity index (χ2v) is 8.26. The first-order valence-corrected chi connectivity index (χ1v) is 11.7. The van der Waals surface area contributed by atoms with Gasteiger partial charge in [0.05, 0.1) is 6.21 Å². The van der Waals surface area contributed by atoms with E-state index in [0.717, 1.165) is 18.4 Å². The maximum absolute atomic E-state index is 11.9. The number of hydrogen-bond acceptors (Lipinski definition) is 5. The van der Waals surface area contributed by atoms with Gasteiger partial charge in [0.25, 0.3) is 0 Å². The van der Waals surface area contributed by atoms with Crippen LogP contribution >= 0.6 is 11.3 Å². The molecule has 0 unspecified atom stereocenters. The summed E-state index contributed by atoms with van der Waals surface area (Å²) in [6, 6.07) is 10.5. The number of hydrazone groups is 1. The lowest BCUT2D eigenvalue weighted by molar-refractivity contribution is -0.121. The molecular weight excluding hydrogens is 396 g/mol. The van der Waals surface area contributed by atoms with Gasteiger partial charge in [0.15, 0.2) is 0 Å². The third kappa shape index (κ3) is 9.83. The first-order valence-electron chi connectivity index (χ1n) is 10.9. The largest absolute Gasteiger partial charge is 0.422 e. The summed E-state index contributed by atoms with van der Waals surface area (Å²) in [5, 5.41) is 5.83. The zero-order valence-corrected chi connectivity index (χ0v) is 18.6. The summed E-state index contributed by atoms with van der Waals surface area (Å²) in [7, 11) is 0. The van der Waals surface area contributed by atoms with Gasteiger partial charge >= 0.3 is 5.97 Å². The Morgan fingerprint density at radius 1 is 0.967 bits per heavy atom. The molecule has 1 aromatic heterocycles. The van der Waals surface area contributed by atoms with Gasteiger partial charge in [0.2, 0.25) is 5.91 Å². The van der Waals surface area contributed by atoms with E-state index in [1.54, 1.807) is 36.5 Å². The zero-order chi connectivity index (χ0) is 21.4. The molecule has 1 N–H and O–H groups in total. The van der Waals surface area contributed by atoms with Gasteiger partial charge in [-0.25, -0.2) is 10.2 Å². The molecule has 162 valence electrons. The van der Waals surface area contributed by atoms with Crippen LogP contribution in [0.5, 0.6) is 5.75 Å². The van der Waals surface area contributed by atoms with Crippen LogP contribution in [0, 0.1) is 0 Å². The van der Waals surface area contributed by atoms with Gasteiger partial charge in [0, 0.05) is 6.42 Å². The normalized spacial score (nSPS) is 11.0. The number of nitrogens with zero attached hydrogens (tertiary/aromatic N) is 1. The summed E-state index contributed by atoms with van der Waals surface area (Å²) in [6.07, 6.45) is 13.2. The molecule has 0 saturated heterocycles. The maximum atomic E-state index is 11.9. The minimum Gasteiger partial charge on any atom is -0.422 e. The molecule has 30 heavy (non-hydrogen) atoms. The average molecular weight is 429 g/mol. The molecule has 5 nitrogen and oxygen atoms in total. The van der Waals surface area contributed by atoms with Crippen LogP contribution in [0.15, 0.2) is 46.9 Å². The number of unbranched alkanes of at least 4 members (excludes halogenated alkanes) is 8. The van der Waals surface area contributed by atoms with Crippen LogP contribution in [-0.4, -0.2) is 18.1 Å². The van der Waals surface area contributed by atoms with E-state index in [1.165, 1.54) is 56.3 Å². The van der Waals surface area contributed by atoms with Crippen molar-refractivity contribution < 1.29 is 14.3 Å². The van der Waals surface area contributed by atoms with Gasteiger partial charge in [0.1, 0.15) is 10.6 Å². The van der Waals surface area contributed by atoms with E-state index in [9.17, 15) is 9.59 Å². The Morgan fingerprint density at radius 3 is 2.27 bits per heavy atom. The quantitative estimate of drug-likeness (QED) is 0.125. The van der Waals surface area contributed by atoms with Crippen molar-refractivity contribution in [1.29, 1.82) is 0 Å². The lowest BCUT2D eigenvalue weighted by Crippen LogP contribution is -2.16. The van der Waals surface area contributed by atoms with Crippen LogP contribution < -0.4 is 10.2 Å². The minimum atomic E-state index is -0.366. The second kappa shape index (κ2) is 14.5. The number of nitrogens with one attached hydrogen (secondary N) is 1. The molecule has 0 spiro atoms. The van der Waals surface area contributed by atoms with Gasteiger partial charge in [-0.05, 0) is 47.7 Å². The molecule has 0 aliphatic heterocycles. The fraction of sp³-hybridized carbons (Fsp3) is 0.458. The number of benzene rings is 1. The Bertz CT molecular complexity index is 770. The Morgan fingerprint density at radius 2 is 1.63 bits per heavy atom. The number of rotatable bonds is 14. The molecule has 2 aromatic rings. The van der Waals surface area contributed by atoms with E-state index in [1.807, 2.05) is 11.4 Å². The highest BCUT2D eigenvalue weighted by molar-refractivity contribution is 7.12. The van der Waals surface area contributed by atoms with Crippen LogP contribution in [0.4, 0.5) is 0 Å². The molecule has 6 heteroatoms. The van der Waals surface area contributed by atoms with Gasteiger partial charge in [-0.1, -0.05) is 64.4 Å². The number of thiophene rings is 1. The van der Waals surface area contributed by atoms with Crippen molar-refractivity contribution in [3.05, 3.63) is 52.2 Å². The topological polar surface area (TPSA) is 67.8 Å². The molecule has 2 rings (SSSR count). The van der Waals surface area contributed by atoms with Crippen LogP contribution in [0.25, 0.3) is 0 Å². The second-order valence-electron chi connectivity index (χ2n) is 7.31. The van der Waals surface area contributed by atoms with E-state index < -0.39 is 0 Å². The van der Waals surface area contributed by atoms with Crippen LogP contribution in [-0.2, 0) is 4.79 Å². The Kier molecular flexibility index (Phi) is 11.5. The molecule has 0 fully saturated rings. The lowest BCUT2D eigenvalue weighted by atomic mass is 10.1. The van der Waals surface area contributed by atoms with Crippen molar-refractivity contribution in [3.8, 4) is 5.75 Å². The van der Waals surface area contributed by atoms with Crippen molar-refractivity contribution >= 4 is 29.4 Å². The smallest absolute Gasteiger partial charge is 0.353 e. The summed E-state index contributed by atoms with van der Waals surface area (Å²) in [4.78, 5) is 24.3. The van der Waals surface area contributed by atoms with Gasteiger partial charge < -0.3 is 4.74 Å². The van der Waals surface area contributed by atoms with Crippen molar-refractivity contribution in [3.63, 3.8) is 0 Å². The van der Waals surface area contributed by atoms with Crippen LogP contribution in [0.3, 0.4) is 0 Å². The van der Waals surface area contributed by atoms with Crippen molar-refractivity contribution in [2.24, 2.45) is 5.10 Å². The van der Waals surface area contributed by atoms with Crippen LogP contribution in [0.1, 0.15) is 86.4 Å². The highest BCUT2D eigenvalue weighted by Gasteiger charge is 2.09. The van der Waals surface area contributed by atoms with E-state index >= 15 is 0 Å². The molecule has 0 radical (unpaired) electrons. The van der Waals surface area contributed by atoms with Gasteiger partial charge in [-0.3, -0.25) is 4.79 Å². The monoisotopic (exact) mass is 428 g/mol. The highest BCUT2D eigenvalue weighted by Crippen LogP contribution is 2.16. The molecule has 0 bridgehead atoms. The van der Waals surface area contributed by atoms with E-state index in [0.29, 0.717) is 17.0 Å². The predicted octanol–water partition coefficient (Wildman–Crippen LogP) is 6.34. The summed E-state index contributed by atoms with van der Waals surface area (Å²) < 4.78 is 5.31. The molecule has 1 amide bonds. The third-order valence-corrected chi connectivity index (χ3v) is 5.57. The number of hydrogen-bond donors (Lipinski definition) is 1. The minimum absolute atomic E-state index is 0.0595. The van der Waals surface area contributed by atoms with Crippen molar-refractivity contribution in [2.45, 2.75) is 71.1 Å². The van der Waals surface area contributed by atoms with E-state index in [2.05, 4.69) is 17.5 Å². The number of carbonyl (C=O) groups is 2. The predicted molar refractivity (Wildman–Crippen MR) is 123 cm³/mol. The summed E-state index contributed by atoms with van der Waals surface area (Å²) >= 11 is 1.34. The first-order chi connectivity index (χ1) is 14.7. The summed E-state index contributed by atoms with van der Waals surface area (Å²) in [5.41, 5.74) is 3.38. The Labute approximate surface area is 183 Å². The maximum Gasteiger partial charge on any atom is 0.353 e. The standard InChI is InChI=1S/C24H32N2O3S/c1-2-3-4-5-6-7-8-9-10-13-23(27)26-25-19-20-14-16-21(17-15-20)29-24(28)22-12-11-18-30-22/h11-12,14-19H,2-10,13H2,1H3,(H,26,27)/b25-19-. The number of ether oxygens (including phenoxy) is 1. The number of carbonyl (C=O) groups excluding carboxylic acids is 2. The summed E-state index contributed by atoms with van der Waals surface area (Å²) in [5.74, 6) is 0.0471. The lowest BCUT2D eigenvalue weighted by Gasteiger charge is -2.03. The van der Waals surface area contributed by atoms with Crippen molar-refractivity contribution in [1.82, 2.24) is 5.43 Å². The van der Waals surface area contributed by atoms with Crippen LogP contribution in [0.2, 0.25) is 0 Å². The molecule has 0 atom stereocenters. The number of esters is 1. The summed E-state index contributed by atoms with van der Waals surface area (Å²) in [6.45, 7) is 2.23. The highest BCUT2D eigenvalue weighted by atomic mass is 32.1. The first kappa shape index (κ1) is 23.8. The fourth-order valence-electron chi connectivity index (χ4n) is 3.00. The average Bonchev–Trinajstić information content (AvgIpc) is 3.29. The molecule has 1 aromatic carbocycles. The van der Waals surface area contributed by atoms with Crippen molar-refractivity contribution in [2.75, 3.05) is 0 Å². The molecule has 0 aliphatic carbocycles. The Balaban J connectivity index is 1.57. The third-order valence-electron chi connectivity index (χ3n) is 4.72. The number of amides is 1. The molecule has 0 aliphatic rings. The van der Waals surface area contributed by atoms with E-state index in [4.69, 9.17) is 4.74 Å². The van der Waals surface area contributed by atoms with Gasteiger partial charge in [-0.15, -0.1) is 11.3 Å². The van der Waals surface area contributed by atoms with E-state index in [-0.39, 0.29) is 11.9 Å². The zero-order valence-electron chi connectivity index (χ0n) is 17.8. The Hall–Kier alpha value is -2.47. The fourth-order valence-corrected chi connectivity index (χ4v) is 3.60. The molecule has 0 saturated carbocycles. The van der Waals surface area contributed by atoms with Gasteiger partial charge in [-0.2, -0.15) is 5.10 Å². The SMILES string of the molecule is CCCCCCCCCCCC(=O)N/N=C\c1ccc(OC(=O)c2cccs2)cc1. The molecular formula is C24H32N2O3S.